The summed E-state index contributed by atoms with van der Waals surface area (Å²) in [6.45, 7) is 2.43. The Bertz CT molecular complexity index is 1680. The smallest absolute Gasteiger partial charge is 0.261 e. The molecule has 7 rings (SSSR count). The van der Waals surface area contributed by atoms with E-state index in [9.17, 15) is 9.90 Å². The first-order valence-electron chi connectivity index (χ1n) is 14.9. The highest BCUT2D eigenvalue weighted by atomic mass is 19.1. The van der Waals surface area contributed by atoms with E-state index in [1.807, 2.05) is 23.1 Å². The molecule has 43 heavy (non-hydrogen) atoms. The van der Waals surface area contributed by atoms with Gasteiger partial charge in [-0.15, -0.1) is 0 Å². The highest BCUT2D eigenvalue weighted by Crippen LogP contribution is 2.42. The summed E-state index contributed by atoms with van der Waals surface area (Å²) in [6.07, 6.45) is 8.93. The molecular formula is C32H34FN7O3. The van der Waals surface area contributed by atoms with E-state index in [1.54, 1.807) is 18.2 Å². The molecule has 2 fully saturated rings. The van der Waals surface area contributed by atoms with Gasteiger partial charge in [-0.1, -0.05) is 18.2 Å². The van der Waals surface area contributed by atoms with E-state index in [4.69, 9.17) is 10.5 Å². The van der Waals surface area contributed by atoms with Crippen LogP contribution in [-0.2, 0) is 30.7 Å². The summed E-state index contributed by atoms with van der Waals surface area (Å²) in [5, 5.41) is 15.0. The van der Waals surface area contributed by atoms with Crippen LogP contribution < -0.4 is 10.6 Å². The van der Waals surface area contributed by atoms with E-state index in [0.717, 1.165) is 62.1 Å². The molecule has 11 heteroatoms. The Morgan fingerprint density at radius 1 is 1.09 bits per heavy atom. The number of carbonyl (C=O) groups is 1. The minimum Gasteiger partial charge on any atom is -0.392 e. The second-order valence-corrected chi connectivity index (χ2v) is 11.7. The number of nitrogens with zero attached hydrogens (tertiary/aromatic N) is 6. The lowest BCUT2D eigenvalue weighted by molar-refractivity contribution is 0.0601. The minimum atomic E-state index is -0.484. The minimum absolute atomic E-state index is 0.0559. The van der Waals surface area contributed by atoms with Crippen LogP contribution in [0.4, 0.5) is 16.0 Å². The monoisotopic (exact) mass is 583 g/mol. The quantitative estimate of drug-likeness (QED) is 0.318. The molecule has 1 amide bonds. The molecule has 3 aliphatic rings. The van der Waals surface area contributed by atoms with Crippen molar-refractivity contribution < 1.29 is 19.0 Å². The Labute approximate surface area is 248 Å². The number of aliphatic hydroxyl groups is 1. The first kappa shape index (κ1) is 27.6. The number of halogens is 1. The highest BCUT2D eigenvalue weighted by Gasteiger charge is 2.33. The number of benzene rings is 2. The largest absolute Gasteiger partial charge is 0.392 e. The Morgan fingerprint density at radius 2 is 1.93 bits per heavy atom. The third-order valence-electron chi connectivity index (χ3n) is 8.68. The van der Waals surface area contributed by atoms with Gasteiger partial charge in [-0.3, -0.25) is 9.48 Å². The van der Waals surface area contributed by atoms with Gasteiger partial charge in [0, 0.05) is 50.0 Å². The molecule has 1 saturated carbocycles. The molecule has 2 aromatic heterocycles. The number of aliphatic hydroxyl groups excluding tert-OH is 1. The van der Waals surface area contributed by atoms with Gasteiger partial charge in [-0.05, 0) is 72.8 Å². The van der Waals surface area contributed by atoms with Crippen LogP contribution in [0.15, 0.2) is 42.7 Å². The van der Waals surface area contributed by atoms with Crippen LogP contribution >= 0.6 is 0 Å². The van der Waals surface area contributed by atoms with Gasteiger partial charge in [-0.2, -0.15) is 15.1 Å². The Hall–Kier alpha value is -4.22. The topological polar surface area (TPSA) is 132 Å². The Morgan fingerprint density at radius 3 is 2.72 bits per heavy atom. The zero-order valence-corrected chi connectivity index (χ0v) is 23.9. The SMILES string of the molecule is Nc1nc(Cc2cnn(CC3CCOCC3)c2)nc(-c2cccc(N3CCc4cc(C5CC5)cc(F)c4C3=O)c2CO)n1. The average molecular weight is 584 g/mol. The number of nitrogen functional groups attached to an aromatic ring is 1. The molecule has 0 atom stereocenters. The first-order valence-corrected chi connectivity index (χ1v) is 14.9. The molecule has 0 bridgehead atoms. The first-order chi connectivity index (χ1) is 21.0. The third kappa shape index (κ3) is 5.62. The second-order valence-electron chi connectivity index (χ2n) is 11.7. The predicted molar refractivity (Wildman–Crippen MR) is 158 cm³/mol. The van der Waals surface area contributed by atoms with Gasteiger partial charge in [0.15, 0.2) is 5.82 Å². The summed E-state index contributed by atoms with van der Waals surface area (Å²) in [7, 11) is 0. The van der Waals surface area contributed by atoms with Gasteiger partial charge in [0.2, 0.25) is 5.95 Å². The number of carbonyl (C=O) groups excluding carboxylic acids is 1. The molecule has 4 heterocycles. The summed E-state index contributed by atoms with van der Waals surface area (Å²) in [6, 6.07) is 8.81. The van der Waals surface area contributed by atoms with E-state index >= 15 is 4.39 Å². The van der Waals surface area contributed by atoms with E-state index in [0.29, 0.717) is 59.7 Å². The van der Waals surface area contributed by atoms with Crippen LogP contribution in [0.1, 0.15) is 70.0 Å². The molecular weight excluding hydrogens is 549 g/mol. The molecule has 222 valence electrons. The number of hydrogen-bond acceptors (Lipinski definition) is 8. The molecule has 3 N–H and O–H groups in total. The van der Waals surface area contributed by atoms with Gasteiger partial charge in [0.1, 0.15) is 11.6 Å². The summed E-state index contributed by atoms with van der Waals surface area (Å²) in [4.78, 5) is 28.6. The lowest BCUT2D eigenvalue weighted by Gasteiger charge is -2.31. The van der Waals surface area contributed by atoms with Crippen LogP contribution in [0.5, 0.6) is 0 Å². The molecule has 2 aliphatic heterocycles. The fourth-order valence-electron chi connectivity index (χ4n) is 6.29. The summed E-state index contributed by atoms with van der Waals surface area (Å²) < 4.78 is 22.6. The molecule has 10 nitrogen and oxygen atoms in total. The van der Waals surface area contributed by atoms with Crippen molar-refractivity contribution in [2.45, 2.75) is 57.6 Å². The van der Waals surface area contributed by atoms with Crippen molar-refractivity contribution in [1.29, 1.82) is 0 Å². The van der Waals surface area contributed by atoms with Gasteiger partial charge in [0.05, 0.1) is 24.1 Å². The van der Waals surface area contributed by atoms with Crippen molar-refractivity contribution in [2.24, 2.45) is 5.92 Å². The lowest BCUT2D eigenvalue weighted by Crippen LogP contribution is -2.39. The zero-order valence-electron chi connectivity index (χ0n) is 23.9. The number of amides is 1. The van der Waals surface area contributed by atoms with E-state index in [1.165, 1.54) is 11.0 Å². The van der Waals surface area contributed by atoms with Crippen LogP contribution in [0.2, 0.25) is 0 Å². The third-order valence-corrected chi connectivity index (χ3v) is 8.68. The van der Waals surface area contributed by atoms with Crippen molar-refractivity contribution in [3.63, 3.8) is 0 Å². The van der Waals surface area contributed by atoms with Crippen LogP contribution in [0.25, 0.3) is 11.4 Å². The fourth-order valence-corrected chi connectivity index (χ4v) is 6.29. The standard InChI is InChI=1S/C32H34FN7O3/c33-26-14-23(21-4-5-21)13-22-6-9-40(31(42)29(22)26)27-3-1-2-24(25(27)18-41)30-36-28(37-32(34)38-30)12-20-15-35-39(17-20)16-19-7-10-43-11-8-19/h1-3,13-15,17,19,21,41H,4-12,16,18H2,(H2,34,36,37,38). The number of fused-ring (bicyclic) bond motifs is 1. The summed E-state index contributed by atoms with van der Waals surface area (Å²) in [5.74, 6) is 0.870. The van der Waals surface area contributed by atoms with Gasteiger partial charge in [0.25, 0.3) is 5.91 Å². The van der Waals surface area contributed by atoms with E-state index < -0.39 is 11.7 Å². The highest BCUT2D eigenvalue weighted by molar-refractivity contribution is 6.09. The fraction of sp³-hybridized carbons (Fsp3) is 0.406. The Balaban J connectivity index is 1.15. The number of aromatic nitrogens is 5. The van der Waals surface area contributed by atoms with Gasteiger partial charge >= 0.3 is 0 Å². The van der Waals surface area contributed by atoms with E-state index in [-0.39, 0.29) is 18.1 Å². The van der Waals surface area contributed by atoms with Crippen molar-refractivity contribution in [3.05, 3.63) is 82.2 Å². The van der Waals surface area contributed by atoms with Crippen molar-refractivity contribution >= 4 is 17.5 Å². The van der Waals surface area contributed by atoms with Crippen molar-refractivity contribution in [1.82, 2.24) is 24.7 Å². The number of ether oxygens (including phenoxy) is 1. The van der Waals surface area contributed by atoms with Crippen molar-refractivity contribution in [3.8, 4) is 11.4 Å². The normalized spacial score (nSPS) is 17.3. The maximum Gasteiger partial charge on any atom is 0.261 e. The van der Waals surface area contributed by atoms with E-state index in [2.05, 4.69) is 20.1 Å². The average Bonchev–Trinajstić information content (AvgIpc) is 3.77. The number of nitrogens with two attached hydrogens (primary N) is 1. The maximum absolute atomic E-state index is 15.2. The maximum atomic E-state index is 15.2. The Kier molecular flexibility index (Phi) is 7.36. The molecule has 0 unspecified atom stereocenters. The van der Waals surface area contributed by atoms with Crippen LogP contribution in [-0.4, -0.2) is 55.5 Å². The molecule has 0 spiro atoms. The molecule has 1 aliphatic carbocycles. The van der Waals surface area contributed by atoms with Gasteiger partial charge in [-0.25, -0.2) is 9.37 Å². The molecule has 1 saturated heterocycles. The lowest BCUT2D eigenvalue weighted by atomic mass is 9.93. The molecule has 0 radical (unpaired) electrons. The summed E-state index contributed by atoms with van der Waals surface area (Å²) >= 11 is 0. The zero-order chi connectivity index (χ0) is 29.5. The van der Waals surface area contributed by atoms with Crippen LogP contribution in [0.3, 0.4) is 0 Å². The number of rotatable bonds is 8. The van der Waals surface area contributed by atoms with Crippen LogP contribution in [0, 0.1) is 11.7 Å². The predicted octanol–water partition coefficient (Wildman–Crippen LogP) is 4.05. The van der Waals surface area contributed by atoms with Crippen molar-refractivity contribution in [2.75, 3.05) is 30.4 Å². The van der Waals surface area contributed by atoms with Gasteiger partial charge < -0.3 is 20.5 Å². The second kappa shape index (κ2) is 11.5. The molecule has 4 aromatic rings. The molecule has 2 aromatic carbocycles. The summed E-state index contributed by atoms with van der Waals surface area (Å²) in [5.41, 5.74) is 10.4. The number of anilines is 2. The number of hydrogen-bond donors (Lipinski definition) is 2.